The number of imide groups is 1. The number of carbonyl (C=O) groups is 3. The van der Waals surface area contributed by atoms with Crippen molar-refractivity contribution in [3.63, 3.8) is 0 Å². The van der Waals surface area contributed by atoms with Gasteiger partial charge in [-0.25, -0.2) is 14.7 Å². The molecule has 1 aliphatic rings. The molecular weight excluding hydrogens is 502 g/mol. The molecule has 0 saturated heterocycles. The van der Waals surface area contributed by atoms with Gasteiger partial charge in [-0.05, 0) is 61.0 Å². The Morgan fingerprint density at radius 2 is 1.82 bits per heavy atom. The standard InChI is InChI=1S/C25H18BrN3O5/c1-2-9-27-19-7-5-15(12-18(19)22-28-20-11-14(26)4-8-21(20)34-22)29-23(30)16-6-3-13(25(32)33)10-17(16)24(29)31/h3-8,10-12,27H,2,9H2,1H3,(H,32,33). The van der Waals surface area contributed by atoms with Gasteiger partial charge in [0, 0.05) is 16.7 Å². The van der Waals surface area contributed by atoms with E-state index in [2.05, 4.69) is 26.2 Å². The van der Waals surface area contributed by atoms with Crippen LogP contribution in [0.4, 0.5) is 11.4 Å². The van der Waals surface area contributed by atoms with E-state index in [4.69, 9.17) is 4.42 Å². The van der Waals surface area contributed by atoms with Crippen LogP contribution in [-0.4, -0.2) is 34.4 Å². The lowest BCUT2D eigenvalue weighted by Crippen LogP contribution is -2.29. The third-order valence-corrected chi connectivity index (χ3v) is 6.03. The molecule has 1 aliphatic heterocycles. The largest absolute Gasteiger partial charge is 0.478 e. The molecule has 8 nitrogen and oxygen atoms in total. The third kappa shape index (κ3) is 3.63. The zero-order chi connectivity index (χ0) is 24.0. The summed E-state index contributed by atoms with van der Waals surface area (Å²) >= 11 is 3.43. The number of fused-ring (bicyclic) bond motifs is 2. The molecule has 0 fully saturated rings. The molecule has 3 aromatic carbocycles. The number of carboxylic acids is 1. The van der Waals surface area contributed by atoms with Crippen LogP contribution < -0.4 is 10.2 Å². The second-order valence-electron chi connectivity index (χ2n) is 7.80. The third-order valence-electron chi connectivity index (χ3n) is 5.54. The first kappa shape index (κ1) is 21.8. The molecule has 4 aromatic rings. The van der Waals surface area contributed by atoms with E-state index in [0.717, 1.165) is 21.5 Å². The van der Waals surface area contributed by atoms with E-state index in [0.29, 0.717) is 34.8 Å². The maximum absolute atomic E-state index is 13.1. The lowest BCUT2D eigenvalue weighted by Gasteiger charge is -2.17. The Morgan fingerprint density at radius 1 is 1.03 bits per heavy atom. The summed E-state index contributed by atoms with van der Waals surface area (Å²) in [7, 11) is 0. The van der Waals surface area contributed by atoms with Gasteiger partial charge in [-0.15, -0.1) is 0 Å². The molecule has 0 radical (unpaired) electrons. The first-order chi connectivity index (χ1) is 16.4. The lowest BCUT2D eigenvalue weighted by molar-refractivity contribution is 0.0696. The van der Waals surface area contributed by atoms with Gasteiger partial charge < -0.3 is 14.8 Å². The average Bonchev–Trinajstić information content (AvgIpc) is 3.35. The fourth-order valence-corrected chi connectivity index (χ4v) is 4.24. The molecule has 1 aromatic heterocycles. The maximum Gasteiger partial charge on any atom is 0.335 e. The summed E-state index contributed by atoms with van der Waals surface area (Å²) in [5.41, 5.74) is 3.12. The number of carbonyl (C=O) groups excluding carboxylic acids is 2. The molecule has 0 aliphatic carbocycles. The molecule has 34 heavy (non-hydrogen) atoms. The predicted molar refractivity (Wildman–Crippen MR) is 130 cm³/mol. The number of aromatic carboxylic acids is 1. The van der Waals surface area contributed by atoms with E-state index in [9.17, 15) is 19.5 Å². The van der Waals surface area contributed by atoms with E-state index >= 15 is 0 Å². The van der Waals surface area contributed by atoms with Crippen LogP contribution >= 0.6 is 15.9 Å². The van der Waals surface area contributed by atoms with Crippen LogP contribution in [0.25, 0.3) is 22.6 Å². The van der Waals surface area contributed by atoms with Gasteiger partial charge in [-0.2, -0.15) is 0 Å². The molecule has 0 bridgehead atoms. The second kappa shape index (κ2) is 8.42. The van der Waals surface area contributed by atoms with E-state index in [1.54, 1.807) is 18.2 Å². The van der Waals surface area contributed by atoms with Gasteiger partial charge in [-0.3, -0.25) is 9.59 Å². The smallest absolute Gasteiger partial charge is 0.335 e. The molecular formula is C25H18BrN3O5. The minimum atomic E-state index is -1.17. The van der Waals surface area contributed by atoms with Crippen molar-refractivity contribution in [3.05, 3.63) is 75.8 Å². The molecule has 2 amide bonds. The Kier molecular flexibility index (Phi) is 5.41. The van der Waals surface area contributed by atoms with Crippen molar-refractivity contribution in [1.29, 1.82) is 0 Å². The van der Waals surface area contributed by atoms with Crippen LogP contribution in [0.15, 0.2) is 63.5 Å². The van der Waals surface area contributed by atoms with Crippen LogP contribution in [-0.2, 0) is 0 Å². The van der Waals surface area contributed by atoms with Gasteiger partial charge in [-0.1, -0.05) is 22.9 Å². The quantitative estimate of drug-likeness (QED) is 0.319. The Balaban J connectivity index is 1.60. The van der Waals surface area contributed by atoms with Crippen LogP contribution in [0.1, 0.15) is 44.4 Å². The van der Waals surface area contributed by atoms with Crippen molar-refractivity contribution < 1.29 is 23.9 Å². The zero-order valence-corrected chi connectivity index (χ0v) is 19.5. The van der Waals surface area contributed by atoms with Crippen molar-refractivity contribution in [2.45, 2.75) is 13.3 Å². The fraction of sp³-hybridized carbons (Fsp3) is 0.120. The van der Waals surface area contributed by atoms with Crippen molar-refractivity contribution >= 4 is 56.2 Å². The number of hydrogen-bond donors (Lipinski definition) is 2. The monoisotopic (exact) mass is 519 g/mol. The normalized spacial score (nSPS) is 12.9. The van der Waals surface area contributed by atoms with Crippen molar-refractivity contribution in [1.82, 2.24) is 4.98 Å². The second-order valence-corrected chi connectivity index (χ2v) is 8.71. The zero-order valence-electron chi connectivity index (χ0n) is 18.0. The fourth-order valence-electron chi connectivity index (χ4n) is 3.89. The Morgan fingerprint density at radius 3 is 2.59 bits per heavy atom. The molecule has 2 heterocycles. The van der Waals surface area contributed by atoms with Gasteiger partial charge in [0.25, 0.3) is 11.8 Å². The molecule has 2 N–H and O–H groups in total. The summed E-state index contributed by atoms with van der Waals surface area (Å²) in [6.07, 6.45) is 0.895. The van der Waals surface area contributed by atoms with Gasteiger partial charge >= 0.3 is 5.97 Å². The average molecular weight is 520 g/mol. The van der Waals surface area contributed by atoms with Gasteiger partial charge in [0.05, 0.1) is 27.9 Å². The number of anilines is 2. The van der Waals surface area contributed by atoms with Crippen LogP contribution in [0, 0.1) is 0 Å². The topological polar surface area (TPSA) is 113 Å². The highest BCUT2D eigenvalue weighted by atomic mass is 79.9. The Hall–Kier alpha value is -3.98. The number of aromatic nitrogens is 1. The van der Waals surface area contributed by atoms with E-state index < -0.39 is 17.8 Å². The number of rotatable bonds is 6. The summed E-state index contributed by atoms with van der Waals surface area (Å²) in [6, 6.07) is 14.5. The van der Waals surface area contributed by atoms with Crippen LogP contribution in [0.2, 0.25) is 0 Å². The van der Waals surface area contributed by atoms with E-state index in [-0.39, 0.29) is 16.7 Å². The number of benzene rings is 3. The molecule has 0 spiro atoms. The molecule has 5 rings (SSSR count). The number of hydrogen-bond acceptors (Lipinski definition) is 6. The summed E-state index contributed by atoms with van der Waals surface area (Å²) in [5.74, 6) is -1.92. The molecule has 0 atom stereocenters. The summed E-state index contributed by atoms with van der Waals surface area (Å²) in [6.45, 7) is 2.76. The first-order valence-corrected chi connectivity index (χ1v) is 11.4. The Labute approximate surface area is 202 Å². The minimum absolute atomic E-state index is 0.0563. The first-order valence-electron chi connectivity index (χ1n) is 10.6. The summed E-state index contributed by atoms with van der Waals surface area (Å²) in [5, 5.41) is 12.6. The minimum Gasteiger partial charge on any atom is -0.478 e. The lowest BCUT2D eigenvalue weighted by atomic mass is 10.1. The number of nitrogens with zero attached hydrogens (tertiary/aromatic N) is 2. The number of carboxylic acid groups (broad SMARTS) is 1. The summed E-state index contributed by atoms with van der Waals surface area (Å²) in [4.78, 5) is 43.2. The van der Waals surface area contributed by atoms with Gasteiger partial charge in [0.1, 0.15) is 5.52 Å². The number of amides is 2. The molecule has 170 valence electrons. The van der Waals surface area contributed by atoms with Crippen LogP contribution in [0.3, 0.4) is 0 Å². The molecule has 0 unspecified atom stereocenters. The number of nitrogens with one attached hydrogen (secondary N) is 1. The molecule has 0 saturated carbocycles. The highest BCUT2D eigenvalue weighted by Crippen LogP contribution is 2.37. The van der Waals surface area contributed by atoms with Gasteiger partial charge in [0.2, 0.25) is 5.89 Å². The SMILES string of the molecule is CCCNc1ccc(N2C(=O)c3ccc(C(=O)O)cc3C2=O)cc1-c1nc2cc(Br)ccc2o1. The van der Waals surface area contributed by atoms with E-state index in [1.165, 1.54) is 18.2 Å². The van der Waals surface area contributed by atoms with Crippen molar-refractivity contribution in [2.24, 2.45) is 0 Å². The maximum atomic E-state index is 13.1. The predicted octanol–water partition coefficient (Wildman–Crippen LogP) is 5.58. The molecule has 9 heteroatoms. The van der Waals surface area contributed by atoms with E-state index in [1.807, 2.05) is 25.1 Å². The van der Waals surface area contributed by atoms with Gasteiger partial charge in [0.15, 0.2) is 5.58 Å². The Bertz CT molecular complexity index is 1490. The highest BCUT2D eigenvalue weighted by molar-refractivity contribution is 9.10. The number of oxazole rings is 1. The highest BCUT2D eigenvalue weighted by Gasteiger charge is 2.37. The number of halogens is 1. The van der Waals surface area contributed by atoms with Crippen molar-refractivity contribution in [2.75, 3.05) is 16.8 Å². The van der Waals surface area contributed by atoms with Crippen LogP contribution in [0.5, 0.6) is 0 Å². The summed E-state index contributed by atoms with van der Waals surface area (Å²) < 4.78 is 6.84. The van der Waals surface area contributed by atoms with Crippen molar-refractivity contribution in [3.8, 4) is 11.5 Å².